The van der Waals surface area contributed by atoms with Gasteiger partial charge in [-0.25, -0.2) is 0 Å². The van der Waals surface area contributed by atoms with Crippen LogP contribution in [0.2, 0.25) is 0 Å². The SMILES string of the molecule is C[C@H](OC(=O)CCC(C)(O)C(F)(F)F)[C@H]1CC[C@H]2/C(=C/C=C3C[C@@H](O)C[C@@H](O)C3)CCC[C@]12C. The number of aliphatic hydroxyl groups is 3. The molecule has 0 aliphatic heterocycles. The molecular formula is C26H39F3O5. The molecule has 3 aliphatic carbocycles. The molecule has 194 valence electrons. The minimum absolute atomic E-state index is 0.0641. The molecule has 0 spiro atoms. The molecular weight excluding hydrogens is 449 g/mol. The molecule has 0 bridgehead atoms. The number of allylic oxidation sites excluding steroid dienone is 3. The van der Waals surface area contributed by atoms with Crippen LogP contribution in [0.25, 0.3) is 0 Å². The van der Waals surface area contributed by atoms with Gasteiger partial charge in [0.1, 0.15) is 6.10 Å². The van der Waals surface area contributed by atoms with Crippen molar-refractivity contribution in [3.05, 3.63) is 23.3 Å². The highest BCUT2D eigenvalue weighted by Crippen LogP contribution is 2.58. The van der Waals surface area contributed by atoms with Gasteiger partial charge in [0, 0.05) is 12.3 Å². The van der Waals surface area contributed by atoms with Gasteiger partial charge in [0.15, 0.2) is 5.60 Å². The Labute approximate surface area is 200 Å². The number of hydrogen-bond acceptors (Lipinski definition) is 5. The van der Waals surface area contributed by atoms with Crippen molar-refractivity contribution in [2.45, 2.75) is 115 Å². The summed E-state index contributed by atoms with van der Waals surface area (Å²) in [6, 6.07) is 0. The molecule has 3 N–H and O–H groups in total. The molecule has 3 saturated carbocycles. The lowest BCUT2D eigenvalue weighted by Crippen LogP contribution is -2.43. The van der Waals surface area contributed by atoms with Crippen molar-refractivity contribution in [1.82, 2.24) is 0 Å². The molecule has 1 unspecified atom stereocenters. The Balaban J connectivity index is 1.63. The van der Waals surface area contributed by atoms with Crippen molar-refractivity contribution >= 4 is 5.97 Å². The zero-order valence-electron chi connectivity index (χ0n) is 20.4. The molecule has 3 rings (SSSR count). The fourth-order valence-corrected chi connectivity index (χ4v) is 6.42. The Bertz CT molecular complexity index is 791. The van der Waals surface area contributed by atoms with Gasteiger partial charge in [0.05, 0.1) is 12.2 Å². The summed E-state index contributed by atoms with van der Waals surface area (Å²) in [6.07, 6.45) is 3.20. The predicted molar refractivity (Wildman–Crippen MR) is 122 cm³/mol. The number of hydrogen-bond donors (Lipinski definition) is 3. The van der Waals surface area contributed by atoms with Gasteiger partial charge >= 0.3 is 12.1 Å². The van der Waals surface area contributed by atoms with Crippen LogP contribution in [0.15, 0.2) is 23.3 Å². The molecule has 0 aromatic rings. The smallest absolute Gasteiger partial charge is 0.416 e. The summed E-state index contributed by atoms with van der Waals surface area (Å²) in [5.41, 5.74) is -0.580. The van der Waals surface area contributed by atoms with Crippen molar-refractivity contribution in [3.8, 4) is 0 Å². The van der Waals surface area contributed by atoms with Crippen LogP contribution >= 0.6 is 0 Å². The van der Waals surface area contributed by atoms with E-state index in [1.807, 2.05) is 6.92 Å². The summed E-state index contributed by atoms with van der Waals surface area (Å²) >= 11 is 0. The Morgan fingerprint density at radius 1 is 1.21 bits per heavy atom. The lowest BCUT2D eigenvalue weighted by Gasteiger charge is -2.44. The second-order valence-corrected chi connectivity index (χ2v) is 11.1. The molecule has 7 atom stereocenters. The highest BCUT2D eigenvalue weighted by atomic mass is 19.4. The van der Waals surface area contributed by atoms with E-state index in [1.165, 1.54) is 5.57 Å². The van der Waals surface area contributed by atoms with Crippen LogP contribution in [0, 0.1) is 17.3 Å². The number of carbonyl (C=O) groups is 1. The van der Waals surface area contributed by atoms with E-state index in [0.717, 1.165) is 37.7 Å². The second kappa shape index (κ2) is 10.3. The zero-order chi connectivity index (χ0) is 25.3. The molecule has 0 aromatic carbocycles. The van der Waals surface area contributed by atoms with Gasteiger partial charge in [0.25, 0.3) is 0 Å². The Morgan fingerprint density at radius 3 is 2.47 bits per heavy atom. The monoisotopic (exact) mass is 488 g/mol. The molecule has 0 heterocycles. The van der Waals surface area contributed by atoms with Crippen molar-refractivity contribution < 1.29 is 38.0 Å². The van der Waals surface area contributed by atoms with Gasteiger partial charge in [-0.15, -0.1) is 0 Å². The van der Waals surface area contributed by atoms with Gasteiger partial charge in [-0.3, -0.25) is 4.79 Å². The van der Waals surface area contributed by atoms with Gasteiger partial charge in [-0.2, -0.15) is 13.2 Å². The van der Waals surface area contributed by atoms with E-state index < -0.39 is 48.9 Å². The number of alkyl halides is 3. The number of rotatable bonds is 6. The Kier molecular flexibility index (Phi) is 8.25. The minimum atomic E-state index is -4.79. The maximum absolute atomic E-state index is 12.8. The molecule has 34 heavy (non-hydrogen) atoms. The second-order valence-electron chi connectivity index (χ2n) is 11.1. The summed E-state index contributed by atoms with van der Waals surface area (Å²) in [5, 5.41) is 29.4. The van der Waals surface area contributed by atoms with Crippen molar-refractivity contribution in [1.29, 1.82) is 0 Å². The standard InChI is InChI=1S/C26H39F3O5/c1-16(34-23(32)10-12-25(3,33)26(27,28)29)21-8-9-22-18(5-4-11-24(21,22)2)7-6-17-13-19(30)15-20(31)14-17/h6-7,16,19-22,30-31,33H,4-5,8-15H2,1-3H3/b17-6?,18-7+/t16-,19-,20+,21+,22-,24+,25?/m0/s1. The first-order valence-electron chi connectivity index (χ1n) is 12.5. The van der Waals surface area contributed by atoms with Gasteiger partial charge in [-0.1, -0.05) is 30.2 Å². The van der Waals surface area contributed by atoms with Crippen molar-refractivity contribution in [2.24, 2.45) is 17.3 Å². The van der Waals surface area contributed by atoms with Gasteiger partial charge in [-0.05, 0) is 83.0 Å². The van der Waals surface area contributed by atoms with E-state index in [-0.39, 0.29) is 11.3 Å². The first-order chi connectivity index (χ1) is 15.7. The molecule has 3 aliphatic rings. The van der Waals surface area contributed by atoms with E-state index >= 15 is 0 Å². The van der Waals surface area contributed by atoms with Crippen LogP contribution in [0.5, 0.6) is 0 Å². The maximum atomic E-state index is 12.8. The lowest BCUT2D eigenvalue weighted by molar-refractivity contribution is -0.255. The number of ether oxygens (including phenoxy) is 1. The van der Waals surface area contributed by atoms with Gasteiger partial charge in [0.2, 0.25) is 0 Å². The van der Waals surface area contributed by atoms with Crippen LogP contribution in [0.1, 0.15) is 85.0 Å². The van der Waals surface area contributed by atoms with E-state index in [4.69, 9.17) is 4.74 Å². The summed E-state index contributed by atoms with van der Waals surface area (Å²) in [6.45, 7) is 4.72. The first-order valence-corrected chi connectivity index (χ1v) is 12.5. The third-order valence-corrected chi connectivity index (χ3v) is 8.42. The first kappa shape index (κ1) is 27.2. The Morgan fingerprint density at radius 2 is 1.85 bits per heavy atom. The van der Waals surface area contributed by atoms with Crippen LogP contribution < -0.4 is 0 Å². The highest BCUT2D eigenvalue weighted by Gasteiger charge is 2.52. The summed E-state index contributed by atoms with van der Waals surface area (Å²) in [4.78, 5) is 12.3. The van der Waals surface area contributed by atoms with E-state index in [0.29, 0.717) is 32.1 Å². The highest BCUT2D eigenvalue weighted by molar-refractivity contribution is 5.69. The van der Waals surface area contributed by atoms with E-state index in [1.54, 1.807) is 0 Å². The lowest BCUT2D eigenvalue weighted by atomic mass is 9.62. The molecule has 5 nitrogen and oxygen atoms in total. The van der Waals surface area contributed by atoms with E-state index in [2.05, 4.69) is 19.1 Å². The predicted octanol–water partition coefficient (Wildman–Crippen LogP) is 4.99. The Hall–Kier alpha value is -1.38. The molecule has 3 fully saturated rings. The minimum Gasteiger partial charge on any atom is -0.462 e. The maximum Gasteiger partial charge on any atom is 0.416 e. The van der Waals surface area contributed by atoms with E-state index in [9.17, 15) is 33.3 Å². The number of halogens is 3. The number of carbonyl (C=O) groups excluding carboxylic acids is 1. The zero-order valence-corrected chi connectivity index (χ0v) is 20.4. The van der Waals surface area contributed by atoms with Crippen LogP contribution in [-0.4, -0.2) is 51.4 Å². The van der Waals surface area contributed by atoms with Crippen LogP contribution in [0.4, 0.5) is 13.2 Å². The van der Waals surface area contributed by atoms with Crippen molar-refractivity contribution in [2.75, 3.05) is 0 Å². The quantitative estimate of drug-likeness (QED) is 0.459. The number of esters is 1. The molecule has 0 amide bonds. The van der Waals surface area contributed by atoms with Crippen molar-refractivity contribution in [3.63, 3.8) is 0 Å². The largest absolute Gasteiger partial charge is 0.462 e. The normalized spacial score (nSPS) is 37.3. The van der Waals surface area contributed by atoms with Crippen LogP contribution in [-0.2, 0) is 9.53 Å². The molecule has 0 radical (unpaired) electrons. The number of fused-ring (bicyclic) bond motifs is 1. The summed E-state index contributed by atoms with van der Waals surface area (Å²) < 4.78 is 44.1. The summed E-state index contributed by atoms with van der Waals surface area (Å²) in [7, 11) is 0. The van der Waals surface area contributed by atoms with Crippen LogP contribution in [0.3, 0.4) is 0 Å². The fraction of sp³-hybridized carbons (Fsp3) is 0.808. The number of aliphatic hydroxyl groups excluding tert-OH is 2. The third kappa shape index (κ3) is 6.05. The fourth-order valence-electron chi connectivity index (χ4n) is 6.42. The molecule has 8 heteroatoms. The molecule has 0 aromatic heterocycles. The molecule has 0 saturated heterocycles. The third-order valence-electron chi connectivity index (χ3n) is 8.42. The van der Waals surface area contributed by atoms with Gasteiger partial charge < -0.3 is 20.1 Å². The average Bonchev–Trinajstić information content (AvgIpc) is 3.07. The summed E-state index contributed by atoms with van der Waals surface area (Å²) in [5.74, 6) is -0.261. The topological polar surface area (TPSA) is 87.0 Å². The average molecular weight is 489 g/mol.